The van der Waals surface area contributed by atoms with E-state index in [0.29, 0.717) is 10.3 Å². The third-order valence-corrected chi connectivity index (χ3v) is 4.10. The first kappa shape index (κ1) is 14.7. The highest BCUT2D eigenvalue weighted by Crippen LogP contribution is 2.30. The monoisotopic (exact) mass is 342 g/mol. The van der Waals surface area contributed by atoms with E-state index < -0.39 is 4.92 Å². The minimum Gasteiger partial charge on any atom is -0.369 e. The van der Waals surface area contributed by atoms with Crippen molar-refractivity contribution >= 4 is 33.3 Å². The average molecular weight is 343 g/mol. The molecular weight excluding hydrogens is 328 g/mol. The SMILES string of the molecule is NC(=O)C1CCCCC1Nc1ncc([N+](=O)[O-])cc1Br. The van der Waals surface area contributed by atoms with E-state index in [1.807, 2.05) is 0 Å². The number of primary amides is 1. The summed E-state index contributed by atoms with van der Waals surface area (Å²) in [6.07, 6.45) is 4.79. The number of nitrogens with two attached hydrogens (primary N) is 1. The van der Waals surface area contributed by atoms with Gasteiger partial charge in [0.2, 0.25) is 5.91 Å². The second-order valence-corrected chi connectivity index (χ2v) is 5.68. The number of nitro groups is 1. The van der Waals surface area contributed by atoms with Crippen molar-refractivity contribution in [3.05, 3.63) is 26.9 Å². The van der Waals surface area contributed by atoms with Crippen molar-refractivity contribution in [3.8, 4) is 0 Å². The number of nitrogens with zero attached hydrogens (tertiary/aromatic N) is 2. The molecule has 2 rings (SSSR count). The summed E-state index contributed by atoms with van der Waals surface area (Å²) in [5.74, 6) is -0.0540. The highest BCUT2D eigenvalue weighted by atomic mass is 79.9. The summed E-state index contributed by atoms with van der Waals surface area (Å²) in [6, 6.07) is 1.31. The minimum absolute atomic E-state index is 0.0773. The first-order valence-corrected chi connectivity index (χ1v) is 7.14. The molecule has 1 aromatic rings. The van der Waals surface area contributed by atoms with Crippen LogP contribution in [0.3, 0.4) is 0 Å². The molecule has 1 heterocycles. The molecule has 1 aromatic heterocycles. The molecule has 1 aliphatic carbocycles. The lowest BCUT2D eigenvalue weighted by Gasteiger charge is -2.30. The van der Waals surface area contributed by atoms with Gasteiger partial charge in [0.15, 0.2) is 0 Å². The van der Waals surface area contributed by atoms with Crippen LogP contribution >= 0.6 is 15.9 Å². The zero-order chi connectivity index (χ0) is 14.7. The number of anilines is 1. The number of rotatable bonds is 4. The van der Waals surface area contributed by atoms with Gasteiger partial charge in [0.1, 0.15) is 12.0 Å². The Morgan fingerprint density at radius 3 is 2.80 bits per heavy atom. The van der Waals surface area contributed by atoms with Gasteiger partial charge in [-0.2, -0.15) is 0 Å². The number of pyridine rings is 1. The Hall–Kier alpha value is -1.70. The van der Waals surface area contributed by atoms with E-state index in [2.05, 4.69) is 26.2 Å². The second kappa shape index (κ2) is 6.17. The van der Waals surface area contributed by atoms with Crippen LogP contribution in [0.2, 0.25) is 0 Å². The smallest absolute Gasteiger partial charge is 0.288 e. The number of hydrogen-bond acceptors (Lipinski definition) is 5. The Balaban J connectivity index is 2.16. The van der Waals surface area contributed by atoms with E-state index in [1.165, 1.54) is 12.3 Å². The van der Waals surface area contributed by atoms with Crippen LogP contribution in [-0.2, 0) is 4.79 Å². The molecule has 0 radical (unpaired) electrons. The topological polar surface area (TPSA) is 111 Å². The minimum atomic E-state index is -0.506. The maximum absolute atomic E-state index is 11.4. The predicted molar refractivity (Wildman–Crippen MR) is 77.2 cm³/mol. The molecule has 0 spiro atoms. The van der Waals surface area contributed by atoms with Crippen LogP contribution < -0.4 is 11.1 Å². The quantitative estimate of drug-likeness (QED) is 0.643. The number of nitrogens with one attached hydrogen (secondary N) is 1. The summed E-state index contributed by atoms with van der Waals surface area (Å²) < 4.78 is 0.500. The van der Waals surface area contributed by atoms with Crippen LogP contribution in [0, 0.1) is 16.0 Å². The molecule has 0 aliphatic heterocycles. The maximum Gasteiger partial charge on any atom is 0.288 e. The number of halogens is 1. The van der Waals surface area contributed by atoms with E-state index in [0.717, 1.165) is 25.7 Å². The molecule has 20 heavy (non-hydrogen) atoms. The Bertz CT molecular complexity index is 537. The number of carbonyl (C=O) groups excluding carboxylic acids is 1. The summed E-state index contributed by atoms with van der Waals surface area (Å²) in [7, 11) is 0. The number of hydrogen-bond donors (Lipinski definition) is 2. The number of aromatic nitrogens is 1. The Morgan fingerprint density at radius 2 is 2.20 bits per heavy atom. The van der Waals surface area contributed by atoms with Crippen LogP contribution in [-0.4, -0.2) is 21.9 Å². The van der Waals surface area contributed by atoms with Gasteiger partial charge in [-0.15, -0.1) is 0 Å². The van der Waals surface area contributed by atoms with E-state index >= 15 is 0 Å². The van der Waals surface area contributed by atoms with Gasteiger partial charge in [0.05, 0.1) is 15.3 Å². The Morgan fingerprint density at radius 1 is 1.50 bits per heavy atom. The summed E-state index contributed by atoms with van der Waals surface area (Å²) in [4.78, 5) is 25.6. The lowest BCUT2D eigenvalue weighted by molar-refractivity contribution is -0.385. The van der Waals surface area contributed by atoms with Gasteiger partial charge in [-0.1, -0.05) is 12.8 Å². The van der Waals surface area contributed by atoms with Crippen LogP contribution in [0.15, 0.2) is 16.7 Å². The van der Waals surface area contributed by atoms with Gasteiger partial charge in [-0.3, -0.25) is 14.9 Å². The molecule has 1 saturated carbocycles. The van der Waals surface area contributed by atoms with Gasteiger partial charge in [-0.25, -0.2) is 4.98 Å². The fraction of sp³-hybridized carbons (Fsp3) is 0.500. The third-order valence-electron chi connectivity index (χ3n) is 3.49. The molecule has 8 heteroatoms. The van der Waals surface area contributed by atoms with Crippen LogP contribution in [0.5, 0.6) is 0 Å². The zero-order valence-electron chi connectivity index (χ0n) is 10.7. The molecule has 2 unspecified atom stereocenters. The third kappa shape index (κ3) is 3.24. The van der Waals surface area contributed by atoms with Crippen molar-refractivity contribution in [1.29, 1.82) is 0 Å². The Kier molecular flexibility index (Phi) is 4.53. The fourth-order valence-electron chi connectivity index (χ4n) is 2.45. The largest absolute Gasteiger partial charge is 0.369 e. The van der Waals surface area contributed by atoms with E-state index in [4.69, 9.17) is 5.73 Å². The summed E-state index contributed by atoms with van der Waals surface area (Å²) >= 11 is 3.25. The van der Waals surface area contributed by atoms with Gasteiger partial charge in [0.25, 0.3) is 5.69 Å². The molecule has 0 aromatic carbocycles. The molecule has 0 saturated heterocycles. The van der Waals surface area contributed by atoms with Gasteiger partial charge in [0, 0.05) is 12.1 Å². The lowest BCUT2D eigenvalue weighted by Crippen LogP contribution is -2.40. The van der Waals surface area contributed by atoms with Crippen LogP contribution in [0.1, 0.15) is 25.7 Å². The first-order valence-electron chi connectivity index (χ1n) is 6.35. The maximum atomic E-state index is 11.4. The van der Waals surface area contributed by atoms with Crippen molar-refractivity contribution in [1.82, 2.24) is 4.98 Å². The Labute approximate surface area is 124 Å². The van der Waals surface area contributed by atoms with Gasteiger partial charge < -0.3 is 11.1 Å². The summed E-state index contributed by atoms with van der Waals surface area (Å²) in [5.41, 5.74) is 5.33. The molecule has 1 aliphatic rings. The summed E-state index contributed by atoms with van der Waals surface area (Å²) in [6.45, 7) is 0. The van der Waals surface area contributed by atoms with E-state index in [-0.39, 0.29) is 23.6 Å². The highest BCUT2D eigenvalue weighted by Gasteiger charge is 2.30. The van der Waals surface area contributed by atoms with Crippen molar-refractivity contribution in [3.63, 3.8) is 0 Å². The molecular formula is C12H15BrN4O3. The molecule has 1 amide bonds. The standard InChI is InChI=1S/C12H15BrN4O3/c13-9-5-7(17(19)20)6-15-12(9)16-10-4-2-1-3-8(10)11(14)18/h5-6,8,10H,1-4H2,(H2,14,18)(H,15,16). The van der Waals surface area contributed by atoms with Crippen molar-refractivity contribution in [2.24, 2.45) is 11.7 Å². The predicted octanol–water partition coefficient (Wildman–Crippen LogP) is 2.21. The highest BCUT2D eigenvalue weighted by molar-refractivity contribution is 9.10. The molecule has 7 nitrogen and oxygen atoms in total. The van der Waals surface area contributed by atoms with E-state index in [9.17, 15) is 14.9 Å². The average Bonchev–Trinajstić information content (AvgIpc) is 2.41. The summed E-state index contributed by atoms with van der Waals surface area (Å²) in [5, 5.41) is 13.8. The first-order chi connectivity index (χ1) is 9.49. The van der Waals surface area contributed by atoms with Crippen molar-refractivity contribution in [2.45, 2.75) is 31.7 Å². The van der Waals surface area contributed by atoms with E-state index in [1.54, 1.807) is 0 Å². The fourth-order valence-corrected chi connectivity index (χ4v) is 2.91. The van der Waals surface area contributed by atoms with Gasteiger partial charge >= 0.3 is 0 Å². The van der Waals surface area contributed by atoms with Crippen molar-refractivity contribution < 1.29 is 9.72 Å². The zero-order valence-corrected chi connectivity index (χ0v) is 12.3. The van der Waals surface area contributed by atoms with Crippen LogP contribution in [0.25, 0.3) is 0 Å². The molecule has 1 fully saturated rings. The molecule has 2 atom stereocenters. The number of amides is 1. The molecule has 108 valence electrons. The van der Waals surface area contributed by atoms with Crippen molar-refractivity contribution in [2.75, 3.05) is 5.32 Å². The molecule has 0 bridgehead atoms. The van der Waals surface area contributed by atoms with Gasteiger partial charge in [-0.05, 0) is 28.8 Å². The number of carbonyl (C=O) groups is 1. The second-order valence-electron chi connectivity index (χ2n) is 4.83. The lowest BCUT2D eigenvalue weighted by atomic mass is 9.84. The molecule has 3 N–H and O–H groups in total. The normalized spacial score (nSPS) is 22.2. The van der Waals surface area contributed by atoms with Crippen LogP contribution in [0.4, 0.5) is 11.5 Å².